The Kier molecular flexibility index (Phi) is 4.54. The summed E-state index contributed by atoms with van der Waals surface area (Å²) >= 11 is 1.20. The first-order chi connectivity index (χ1) is 10.5. The number of nitrogens with one attached hydrogen (secondary N) is 1. The predicted molar refractivity (Wildman–Crippen MR) is 85.3 cm³/mol. The van der Waals surface area contributed by atoms with Crippen molar-refractivity contribution in [2.24, 2.45) is 0 Å². The van der Waals surface area contributed by atoms with Gasteiger partial charge in [0.25, 0.3) is 10.0 Å². The summed E-state index contributed by atoms with van der Waals surface area (Å²) in [5.74, 6) is -0.0500. The molecule has 122 valence electrons. The first-order valence-electron chi connectivity index (χ1n) is 7.57. The zero-order valence-electron chi connectivity index (χ0n) is 12.6. The van der Waals surface area contributed by atoms with Gasteiger partial charge in [-0.15, -0.1) is 11.3 Å². The first-order valence-corrected chi connectivity index (χ1v) is 9.89. The summed E-state index contributed by atoms with van der Waals surface area (Å²) in [6.45, 7) is 4.51. The fraction of sp³-hybridized carbons (Fsp3) is 0.643. The third-order valence-electron chi connectivity index (χ3n) is 4.23. The van der Waals surface area contributed by atoms with Gasteiger partial charge in [-0.2, -0.15) is 4.31 Å². The van der Waals surface area contributed by atoms with Crippen LogP contribution in [0.4, 0.5) is 0 Å². The normalized spacial score (nSPS) is 27.2. The van der Waals surface area contributed by atoms with Gasteiger partial charge < -0.3 is 10.2 Å². The lowest BCUT2D eigenvalue weighted by atomic mass is 10.1. The highest BCUT2D eigenvalue weighted by molar-refractivity contribution is 7.91. The molecule has 6 nitrogen and oxygen atoms in total. The Hall–Kier alpha value is -0.960. The Morgan fingerprint density at radius 1 is 1.41 bits per heavy atom. The standard InChI is InChI=1S/C14H21N3O3S2/c1-11-10-16(8-6-15-11)14(18)12-4-2-7-17(12)22(19,20)13-5-3-9-21-13/h3,5,9,11-12,15H,2,4,6-8,10H2,1H3. The third kappa shape index (κ3) is 2.92. The van der Waals surface area contributed by atoms with E-state index in [2.05, 4.69) is 5.32 Å². The van der Waals surface area contributed by atoms with E-state index in [9.17, 15) is 13.2 Å². The van der Waals surface area contributed by atoms with Crippen LogP contribution in [0.2, 0.25) is 0 Å². The molecule has 0 aliphatic carbocycles. The van der Waals surface area contributed by atoms with Crippen LogP contribution in [0.5, 0.6) is 0 Å². The number of piperazine rings is 1. The average Bonchev–Trinajstić information content (AvgIpc) is 3.18. The lowest BCUT2D eigenvalue weighted by Crippen LogP contribution is -2.56. The van der Waals surface area contributed by atoms with Crippen LogP contribution in [-0.4, -0.2) is 61.8 Å². The molecule has 3 rings (SSSR count). The summed E-state index contributed by atoms with van der Waals surface area (Å²) in [5.41, 5.74) is 0. The summed E-state index contributed by atoms with van der Waals surface area (Å²) in [5, 5.41) is 5.04. The van der Waals surface area contributed by atoms with Gasteiger partial charge in [-0.05, 0) is 31.2 Å². The molecule has 1 amide bonds. The highest BCUT2D eigenvalue weighted by Gasteiger charge is 2.41. The van der Waals surface area contributed by atoms with E-state index in [1.165, 1.54) is 15.6 Å². The molecule has 2 atom stereocenters. The molecule has 0 spiro atoms. The highest BCUT2D eigenvalue weighted by Crippen LogP contribution is 2.29. The van der Waals surface area contributed by atoms with Crippen molar-refractivity contribution < 1.29 is 13.2 Å². The molecular formula is C14H21N3O3S2. The molecular weight excluding hydrogens is 322 g/mol. The number of amides is 1. The Morgan fingerprint density at radius 2 is 2.23 bits per heavy atom. The van der Waals surface area contributed by atoms with Crippen molar-refractivity contribution in [1.29, 1.82) is 0 Å². The van der Waals surface area contributed by atoms with E-state index in [-0.39, 0.29) is 11.9 Å². The summed E-state index contributed by atoms with van der Waals surface area (Å²) in [6, 6.07) is 3.04. The van der Waals surface area contributed by atoms with E-state index < -0.39 is 16.1 Å². The molecule has 22 heavy (non-hydrogen) atoms. The Labute approximate surface area is 135 Å². The van der Waals surface area contributed by atoms with Crippen LogP contribution >= 0.6 is 11.3 Å². The maximum absolute atomic E-state index is 12.8. The number of hydrogen-bond acceptors (Lipinski definition) is 5. The molecule has 0 saturated carbocycles. The second-order valence-electron chi connectivity index (χ2n) is 5.85. The smallest absolute Gasteiger partial charge is 0.253 e. The minimum atomic E-state index is -3.55. The SMILES string of the molecule is CC1CN(C(=O)C2CCCN2S(=O)(=O)c2cccs2)CCN1. The van der Waals surface area contributed by atoms with E-state index >= 15 is 0 Å². The Balaban J connectivity index is 1.80. The van der Waals surface area contributed by atoms with E-state index in [1.807, 2.05) is 6.92 Å². The number of carbonyl (C=O) groups is 1. The molecule has 1 N–H and O–H groups in total. The number of carbonyl (C=O) groups excluding carboxylic acids is 1. The maximum atomic E-state index is 12.8. The molecule has 2 fully saturated rings. The van der Waals surface area contributed by atoms with E-state index in [1.54, 1.807) is 22.4 Å². The molecule has 0 aromatic carbocycles. The van der Waals surface area contributed by atoms with Gasteiger partial charge in [0.2, 0.25) is 5.91 Å². The fourth-order valence-electron chi connectivity index (χ4n) is 3.14. The number of sulfonamides is 1. The van der Waals surface area contributed by atoms with Gasteiger partial charge >= 0.3 is 0 Å². The van der Waals surface area contributed by atoms with Crippen LogP contribution < -0.4 is 5.32 Å². The zero-order valence-corrected chi connectivity index (χ0v) is 14.2. The van der Waals surface area contributed by atoms with Gasteiger partial charge in [0.15, 0.2) is 0 Å². The molecule has 0 bridgehead atoms. The van der Waals surface area contributed by atoms with Gasteiger partial charge in [0.05, 0.1) is 0 Å². The van der Waals surface area contributed by atoms with Gasteiger partial charge in [-0.25, -0.2) is 8.42 Å². The van der Waals surface area contributed by atoms with Crippen molar-refractivity contribution in [3.05, 3.63) is 17.5 Å². The summed E-state index contributed by atoms with van der Waals surface area (Å²) in [6.07, 6.45) is 1.35. The van der Waals surface area contributed by atoms with Crippen LogP contribution in [0.1, 0.15) is 19.8 Å². The predicted octanol–water partition coefficient (Wildman–Crippen LogP) is 0.722. The number of hydrogen-bond donors (Lipinski definition) is 1. The van der Waals surface area contributed by atoms with Gasteiger partial charge in [0, 0.05) is 32.2 Å². The molecule has 1 aromatic rings. The highest BCUT2D eigenvalue weighted by atomic mass is 32.2. The quantitative estimate of drug-likeness (QED) is 0.878. The van der Waals surface area contributed by atoms with Gasteiger partial charge in [-0.3, -0.25) is 4.79 Å². The van der Waals surface area contributed by atoms with Gasteiger partial charge in [0.1, 0.15) is 10.3 Å². The zero-order chi connectivity index (χ0) is 15.7. The fourth-order valence-corrected chi connectivity index (χ4v) is 5.91. The van der Waals surface area contributed by atoms with E-state index in [4.69, 9.17) is 0 Å². The third-order valence-corrected chi connectivity index (χ3v) is 7.51. The Bertz CT molecular complexity index is 630. The van der Waals surface area contributed by atoms with Gasteiger partial charge in [-0.1, -0.05) is 6.07 Å². The minimum absolute atomic E-state index is 0.0500. The number of thiophene rings is 1. The summed E-state index contributed by atoms with van der Waals surface area (Å²) < 4.78 is 27.1. The van der Waals surface area contributed by atoms with Crippen molar-refractivity contribution >= 4 is 27.3 Å². The van der Waals surface area contributed by atoms with Crippen molar-refractivity contribution in [2.45, 2.75) is 36.1 Å². The lowest BCUT2D eigenvalue weighted by Gasteiger charge is -2.35. The van der Waals surface area contributed by atoms with E-state index in [0.717, 1.165) is 13.0 Å². The molecule has 8 heteroatoms. The maximum Gasteiger partial charge on any atom is 0.253 e. The topological polar surface area (TPSA) is 69.7 Å². The molecule has 3 heterocycles. The van der Waals surface area contributed by atoms with Crippen molar-refractivity contribution in [3.8, 4) is 0 Å². The van der Waals surface area contributed by atoms with Crippen molar-refractivity contribution in [2.75, 3.05) is 26.2 Å². The minimum Gasteiger partial charge on any atom is -0.338 e. The van der Waals surface area contributed by atoms with Crippen molar-refractivity contribution in [1.82, 2.24) is 14.5 Å². The molecule has 2 saturated heterocycles. The van der Waals surface area contributed by atoms with E-state index in [0.29, 0.717) is 30.3 Å². The number of rotatable bonds is 3. The van der Waals surface area contributed by atoms with Crippen LogP contribution in [0.3, 0.4) is 0 Å². The first kappa shape index (κ1) is 15.9. The summed E-state index contributed by atoms with van der Waals surface area (Å²) in [7, 11) is -3.55. The monoisotopic (exact) mass is 343 g/mol. The molecule has 1 aromatic heterocycles. The summed E-state index contributed by atoms with van der Waals surface area (Å²) in [4.78, 5) is 14.6. The van der Waals surface area contributed by atoms with Crippen LogP contribution in [0.15, 0.2) is 21.7 Å². The molecule has 2 aliphatic heterocycles. The lowest BCUT2D eigenvalue weighted by molar-refractivity contribution is -0.135. The van der Waals surface area contributed by atoms with Crippen LogP contribution in [0, 0.1) is 0 Å². The second kappa shape index (κ2) is 6.27. The van der Waals surface area contributed by atoms with Crippen molar-refractivity contribution in [3.63, 3.8) is 0 Å². The molecule has 2 unspecified atom stereocenters. The molecule has 2 aliphatic rings. The average molecular weight is 343 g/mol. The molecule has 0 radical (unpaired) electrons. The second-order valence-corrected chi connectivity index (χ2v) is 8.91. The van der Waals surface area contributed by atoms with Crippen LogP contribution in [-0.2, 0) is 14.8 Å². The number of nitrogens with zero attached hydrogens (tertiary/aromatic N) is 2. The largest absolute Gasteiger partial charge is 0.338 e. The Morgan fingerprint density at radius 3 is 2.91 bits per heavy atom. The van der Waals surface area contributed by atoms with Crippen LogP contribution in [0.25, 0.3) is 0 Å².